The zero-order chi connectivity index (χ0) is 13.4. The predicted molar refractivity (Wildman–Crippen MR) is 73.5 cm³/mol. The molecule has 0 bridgehead atoms. The third kappa shape index (κ3) is 4.71. The molecule has 1 rings (SSSR count). The standard InChI is InChI=1S/C13H16O4S/c1-16-11-5-3-10(4-6-13(14)15)9-12(11)17-7-8-18-2/h3-6,9H,7-8H2,1-2H3,(H,14,15)/b6-4+. The summed E-state index contributed by atoms with van der Waals surface area (Å²) in [5.74, 6) is 1.18. The third-order valence-electron chi connectivity index (χ3n) is 2.15. The maximum absolute atomic E-state index is 10.4. The Kier molecular flexibility index (Phi) is 6.14. The van der Waals surface area contributed by atoms with Crippen LogP contribution in [0.15, 0.2) is 24.3 Å². The molecule has 0 radical (unpaired) electrons. The van der Waals surface area contributed by atoms with Gasteiger partial charge in [-0.2, -0.15) is 11.8 Å². The number of methoxy groups -OCH3 is 1. The van der Waals surface area contributed by atoms with E-state index in [9.17, 15) is 4.79 Å². The molecule has 0 fully saturated rings. The third-order valence-corrected chi connectivity index (χ3v) is 2.73. The average Bonchev–Trinajstić information content (AvgIpc) is 2.37. The maximum Gasteiger partial charge on any atom is 0.328 e. The van der Waals surface area contributed by atoms with Crippen LogP contribution in [0.3, 0.4) is 0 Å². The van der Waals surface area contributed by atoms with E-state index in [1.807, 2.05) is 6.26 Å². The van der Waals surface area contributed by atoms with Crippen LogP contribution < -0.4 is 9.47 Å². The van der Waals surface area contributed by atoms with Crippen LogP contribution >= 0.6 is 11.8 Å². The summed E-state index contributed by atoms with van der Waals surface area (Å²) in [4.78, 5) is 10.4. The number of thioether (sulfide) groups is 1. The number of benzene rings is 1. The van der Waals surface area contributed by atoms with Crippen LogP contribution in [0.25, 0.3) is 6.08 Å². The number of carboxylic acids is 1. The first kappa shape index (κ1) is 14.4. The number of carboxylic acid groups (broad SMARTS) is 1. The van der Waals surface area contributed by atoms with Crippen molar-refractivity contribution in [2.75, 3.05) is 25.7 Å². The molecule has 4 nitrogen and oxygen atoms in total. The van der Waals surface area contributed by atoms with E-state index < -0.39 is 5.97 Å². The first-order chi connectivity index (χ1) is 8.67. The summed E-state index contributed by atoms with van der Waals surface area (Å²) in [6, 6.07) is 5.30. The van der Waals surface area contributed by atoms with E-state index in [2.05, 4.69) is 0 Å². The monoisotopic (exact) mass is 268 g/mol. The van der Waals surface area contributed by atoms with Gasteiger partial charge in [-0.3, -0.25) is 0 Å². The molecule has 1 aromatic rings. The molecule has 0 aliphatic heterocycles. The van der Waals surface area contributed by atoms with Crippen LogP contribution in [0.4, 0.5) is 0 Å². The van der Waals surface area contributed by atoms with E-state index in [-0.39, 0.29) is 0 Å². The van der Waals surface area contributed by atoms with Crippen molar-refractivity contribution < 1.29 is 19.4 Å². The molecule has 0 saturated carbocycles. The van der Waals surface area contributed by atoms with Gasteiger partial charge < -0.3 is 14.6 Å². The van der Waals surface area contributed by atoms with E-state index in [1.54, 1.807) is 37.1 Å². The van der Waals surface area contributed by atoms with Gasteiger partial charge in [0.05, 0.1) is 13.7 Å². The lowest BCUT2D eigenvalue weighted by molar-refractivity contribution is -0.131. The Hall–Kier alpha value is -1.62. The minimum Gasteiger partial charge on any atom is -0.493 e. The molecule has 5 heteroatoms. The number of hydrogen-bond donors (Lipinski definition) is 1. The molecule has 0 aliphatic rings. The molecule has 0 aromatic heterocycles. The summed E-state index contributed by atoms with van der Waals surface area (Å²) >= 11 is 1.70. The van der Waals surface area contributed by atoms with Gasteiger partial charge in [-0.15, -0.1) is 0 Å². The van der Waals surface area contributed by atoms with Gasteiger partial charge in [0.15, 0.2) is 11.5 Å². The molecule has 0 heterocycles. The quantitative estimate of drug-likeness (QED) is 0.608. The van der Waals surface area contributed by atoms with E-state index in [0.717, 1.165) is 17.4 Å². The molecule has 0 aliphatic carbocycles. The highest BCUT2D eigenvalue weighted by Gasteiger charge is 2.04. The lowest BCUT2D eigenvalue weighted by Crippen LogP contribution is -2.01. The van der Waals surface area contributed by atoms with Gasteiger partial charge in [-0.1, -0.05) is 6.07 Å². The summed E-state index contributed by atoms with van der Waals surface area (Å²) in [6.45, 7) is 0.587. The minimum atomic E-state index is -0.976. The van der Waals surface area contributed by atoms with Gasteiger partial charge in [0, 0.05) is 11.8 Å². The number of rotatable bonds is 7. The van der Waals surface area contributed by atoms with Crippen LogP contribution in [0.5, 0.6) is 11.5 Å². The first-order valence-electron chi connectivity index (χ1n) is 5.38. The lowest BCUT2D eigenvalue weighted by Gasteiger charge is -2.10. The van der Waals surface area contributed by atoms with Crippen molar-refractivity contribution in [2.45, 2.75) is 0 Å². The maximum atomic E-state index is 10.4. The highest BCUT2D eigenvalue weighted by atomic mass is 32.2. The summed E-state index contributed by atoms with van der Waals surface area (Å²) in [5.41, 5.74) is 0.761. The number of ether oxygens (including phenoxy) is 2. The molecular formula is C13H16O4S. The minimum absolute atomic E-state index is 0.587. The fourth-order valence-electron chi connectivity index (χ4n) is 1.31. The summed E-state index contributed by atoms with van der Waals surface area (Å²) < 4.78 is 10.8. The Labute approximate surface area is 111 Å². The fraction of sp³-hybridized carbons (Fsp3) is 0.308. The smallest absolute Gasteiger partial charge is 0.328 e. The van der Waals surface area contributed by atoms with Gasteiger partial charge in [0.2, 0.25) is 0 Å². The Morgan fingerprint density at radius 2 is 2.22 bits per heavy atom. The van der Waals surface area contributed by atoms with E-state index in [4.69, 9.17) is 14.6 Å². The zero-order valence-corrected chi connectivity index (χ0v) is 11.2. The van der Waals surface area contributed by atoms with Crippen molar-refractivity contribution in [3.05, 3.63) is 29.8 Å². The van der Waals surface area contributed by atoms with Gasteiger partial charge >= 0.3 is 5.97 Å². The Morgan fingerprint density at radius 1 is 1.44 bits per heavy atom. The summed E-state index contributed by atoms with van der Waals surface area (Å²) in [6.07, 6.45) is 4.61. The Balaban J connectivity index is 2.83. The topological polar surface area (TPSA) is 55.8 Å². The number of carbonyl (C=O) groups is 1. The first-order valence-corrected chi connectivity index (χ1v) is 6.77. The predicted octanol–water partition coefficient (Wildman–Crippen LogP) is 2.53. The molecule has 0 atom stereocenters. The molecule has 0 unspecified atom stereocenters. The van der Waals surface area contributed by atoms with Crippen LogP contribution in [0, 0.1) is 0 Å². The highest BCUT2D eigenvalue weighted by molar-refractivity contribution is 7.98. The van der Waals surface area contributed by atoms with Crippen molar-refractivity contribution >= 4 is 23.8 Å². The highest BCUT2D eigenvalue weighted by Crippen LogP contribution is 2.28. The second kappa shape index (κ2) is 7.66. The molecule has 98 valence electrons. The number of hydrogen-bond acceptors (Lipinski definition) is 4. The molecule has 18 heavy (non-hydrogen) atoms. The summed E-state index contributed by atoms with van der Waals surface area (Å²) in [7, 11) is 1.57. The van der Waals surface area contributed by atoms with Crippen LogP contribution in [0.1, 0.15) is 5.56 Å². The van der Waals surface area contributed by atoms with Crippen LogP contribution in [0.2, 0.25) is 0 Å². The van der Waals surface area contributed by atoms with Crippen LogP contribution in [-0.2, 0) is 4.79 Å². The molecule has 1 N–H and O–H groups in total. The normalized spacial score (nSPS) is 10.6. The fourth-order valence-corrected chi connectivity index (χ4v) is 1.56. The van der Waals surface area contributed by atoms with E-state index in [1.165, 1.54) is 6.08 Å². The SMILES string of the molecule is COc1ccc(/C=C/C(=O)O)cc1OCCSC. The second-order valence-electron chi connectivity index (χ2n) is 3.42. The lowest BCUT2D eigenvalue weighted by atomic mass is 10.2. The van der Waals surface area contributed by atoms with Crippen molar-refractivity contribution in [3.63, 3.8) is 0 Å². The molecule has 1 aromatic carbocycles. The molecule has 0 saturated heterocycles. The average molecular weight is 268 g/mol. The number of aliphatic carboxylic acids is 1. The zero-order valence-electron chi connectivity index (χ0n) is 10.4. The van der Waals surface area contributed by atoms with Crippen molar-refractivity contribution in [2.24, 2.45) is 0 Å². The molecule has 0 spiro atoms. The van der Waals surface area contributed by atoms with Crippen molar-refractivity contribution in [1.29, 1.82) is 0 Å². The Bertz CT molecular complexity index is 429. The van der Waals surface area contributed by atoms with Crippen molar-refractivity contribution in [3.8, 4) is 11.5 Å². The van der Waals surface area contributed by atoms with Gasteiger partial charge in [-0.05, 0) is 30.0 Å². The Morgan fingerprint density at radius 3 is 2.83 bits per heavy atom. The molecule has 0 amide bonds. The van der Waals surface area contributed by atoms with Gasteiger partial charge in [-0.25, -0.2) is 4.79 Å². The van der Waals surface area contributed by atoms with Crippen molar-refractivity contribution in [1.82, 2.24) is 0 Å². The molecular weight excluding hydrogens is 252 g/mol. The summed E-state index contributed by atoms with van der Waals surface area (Å²) in [5, 5.41) is 8.57. The second-order valence-corrected chi connectivity index (χ2v) is 4.41. The largest absolute Gasteiger partial charge is 0.493 e. The van der Waals surface area contributed by atoms with Gasteiger partial charge in [0.25, 0.3) is 0 Å². The van der Waals surface area contributed by atoms with E-state index >= 15 is 0 Å². The van der Waals surface area contributed by atoms with E-state index in [0.29, 0.717) is 18.1 Å². The van der Waals surface area contributed by atoms with Crippen LogP contribution in [-0.4, -0.2) is 36.8 Å². The van der Waals surface area contributed by atoms with Gasteiger partial charge in [0.1, 0.15) is 0 Å².